The first-order valence-corrected chi connectivity index (χ1v) is 7.51. The Labute approximate surface area is 118 Å². The second-order valence-corrected chi connectivity index (χ2v) is 6.12. The minimum atomic E-state index is 0.0211. The molecule has 2 heterocycles. The van der Waals surface area contributed by atoms with E-state index in [2.05, 4.69) is 9.88 Å². The van der Waals surface area contributed by atoms with Crippen molar-refractivity contribution in [3.8, 4) is 0 Å². The fourth-order valence-electron chi connectivity index (χ4n) is 2.81. The van der Waals surface area contributed by atoms with Crippen molar-refractivity contribution in [3.05, 3.63) is 46.5 Å². The third-order valence-corrected chi connectivity index (χ3v) is 4.24. The molecule has 2 fully saturated rings. The molecule has 4 nitrogen and oxygen atoms in total. The molecule has 0 aromatic carbocycles. The van der Waals surface area contributed by atoms with Gasteiger partial charge in [0.2, 0.25) is 0 Å². The van der Waals surface area contributed by atoms with Gasteiger partial charge < -0.3 is 0 Å². The predicted octanol–water partition coefficient (Wildman–Crippen LogP) is 2.07. The summed E-state index contributed by atoms with van der Waals surface area (Å²) in [5, 5.41) is 0. The van der Waals surface area contributed by atoms with Crippen LogP contribution in [0.2, 0.25) is 0 Å². The molecule has 0 amide bonds. The number of aromatic nitrogens is 2. The average Bonchev–Trinajstić information content (AvgIpc) is 3.32. The summed E-state index contributed by atoms with van der Waals surface area (Å²) in [6.07, 6.45) is 7.13. The molecule has 0 N–H and O–H groups in total. The topological polar surface area (TPSA) is 37.6 Å². The lowest BCUT2D eigenvalue weighted by Gasteiger charge is -2.21. The van der Waals surface area contributed by atoms with Crippen LogP contribution in [0.1, 0.15) is 31.4 Å². The summed E-state index contributed by atoms with van der Waals surface area (Å²) < 4.78 is 1.60. The van der Waals surface area contributed by atoms with Crippen molar-refractivity contribution in [2.45, 2.75) is 38.3 Å². The normalized spacial score (nSPS) is 18.9. The summed E-state index contributed by atoms with van der Waals surface area (Å²) in [5.74, 6) is 0.886. The number of fused-ring (bicyclic) bond motifs is 1. The van der Waals surface area contributed by atoms with Gasteiger partial charge in [0, 0.05) is 31.4 Å². The Kier molecular flexibility index (Phi) is 2.84. The first kappa shape index (κ1) is 12.1. The van der Waals surface area contributed by atoms with Crippen LogP contribution in [0.3, 0.4) is 0 Å². The Morgan fingerprint density at radius 3 is 2.85 bits per heavy atom. The molecule has 20 heavy (non-hydrogen) atoms. The van der Waals surface area contributed by atoms with E-state index in [1.54, 1.807) is 16.7 Å². The molecule has 0 unspecified atom stereocenters. The summed E-state index contributed by atoms with van der Waals surface area (Å²) in [6, 6.07) is 8.10. The molecule has 2 aromatic heterocycles. The van der Waals surface area contributed by atoms with Crippen molar-refractivity contribution in [2.24, 2.45) is 5.92 Å². The average molecular weight is 269 g/mol. The molecule has 0 bridgehead atoms. The molecule has 4 rings (SSSR count). The molecule has 104 valence electrons. The smallest absolute Gasteiger partial charge is 0.258 e. The van der Waals surface area contributed by atoms with Gasteiger partial charge in [-0.25, -0.2) is 4.98 Å². The Hall–Kier alpha value is -1.68. The summed E-state index contributed by atoms with van der Waals surface area (Å²) in [4.78, 5) is 19.3. The van der Waals surface area contributed by atoms with Crippen molar-refractivity contribution in [1.82, 2.24) is 14.3 Å². The van der Waals surface area contributed by atoms with E-state index in [4.69, 9.17) is 0 Å². The Morgan fingerprint density at radius 1 is 1.25 bits per heavy atom. The van der Waals surface area contributed by atoms with Crippen LogP contribution in [-0.4, -0.2) is 26.9 Å². The summed E-state index contributed by atoms with van der Waals surface area (Å²) in [5.41, 5.74) is 1.68. The van der Waals surface area contributed by atoms with Gasteiger partial charge in [-0.15, -0.1) is 0 Å². The van der Waals surface area contributed by atoms with Crippen LogP contribution in [0, 0.1) is 5.92 Å². The van der Waals surface area contributed by atoms with Gasteiger partial charge in [0.1, 0.15) is 5.65 Å². The Balaban J connectivity index is 1.61. The van der Waals surface area contributed by atoms with Gasteiger partial charge in [0.15, 0.2) is 0 Å². The van der Waals surface area contributed by atoms with Crippen LogP contribution in [0.15, 0.2) is 35.3 Å². The number of rotatable bonds is 5. The van der Waals surface area contributed by atoms with Crippen LogP contribution in [-0.2, 0) is 6.54 Å². The molecular formula is C16H19N3O. The molecule has 2 aromatic rings. The molecule has 4 heteroatoms. The molecule has 0 radical (unpaired) electrons. The fraction of sp³-hybridized carbons (Fsp3) is 0.500. The molecule has 2 aliphatic carbocycles. The highest BCUT2D eigenvalue weighted by Gasteiger charge is 2.33. The number of hydrogen-bond acceptors (Lipinski definition) is 3. The quantitative estimate of drug-likeness (QED) is 0.834. The van der Waals surface area contributed by atoms with Gasteiger partial charge >= 0.3 is 0 Å². The van der Waals surface area contributed by atoms with E-state index in [9.17, 15) is 4.79 Å². The Morgan fingerprint density at radius 2 is 2.10 bits per heavy atom. The minimum Gasteiger partial charge on any atom is -0.294 e. The van der Waals surface area contributed by atoms with E-state index < -0.39 is 0 Å². The van der Waals surface area contributed by atoms with Crippen LogP contribution < -0.4 is 5.56 Å². The minimum absolute atomic E-state index is 0.0211. The maximum atomic E-state index is 12.1. The fourth-order valence-corrected chi connectivity index (χ4v) is 2.81. The highest BCUT2D eigenvalue weighted by molar-refractivity contribution is 5.38. The third-order valence-electron chi connectivity index (χ3n) is 4.24. The molecule has 2 saturated carbocycles. The lowest BCUT2D eigenvalue weighted by Crippen LogP contribution is -2.29. The second-order valence-electron chi connectivity index (χ2n) is 6.12. The first-order chi connectivity index (χ1) is 9.79. The summed E-state index contributed by atoms with van der Waals surface area (Å²) >= 11 is 0. The van der Waals surface area contributed by atoms with Gasteiger partial charge in [0.25, 0.3) is 5.56 Å². The molecule has 0 aliphatic heterocycles. The van der Waals surface area contributed by atoms with Crippen molar-refractivity contribution >= 4 is 5.65 Å². The highest BCUT2D eigenvalue weighted by atomic mass is 16.1. The zero-order chi connectivity index (χ0) is 13.5. The summed E-state index contributed by atoms with van der Waals surface area (Å²) in [7, 11) is 0. The molecule has 2 aliphatic rings. The first-order valence-electron chi connectivity index (χ1n) is 7.51. The van der Waals surface area contributed by atoms with E-state index in [1.807, 2.05) is 18.2 Å². The molecule has 0 saturated heterocycles. The Bertz CT molecular complexity index is 685. The highest BCUT2D eigenvalue weighted by Crippen LogP contribution is 2.35. The maximum absolute atomic E-state index is 12.1. The molecule has 0 atom stereocenters. The molecule has 0 spiro atoms. The zero-order valence-electron chi connectivity index (χ0n) is 11.5. The van der Waals surface area contributed by atoms with Crippen LogP contribution in [0.4, 0.5) is 0 Å². The van der Waals surface area contributed by atoms with Gasteiger partial charge in [-0.2, -0.15) is 0 Å². The lowest BCUT2D eigenvalue weighted by molar-refractivity contribution is 0.241. The van der Waals surface area contributed by atoms with Gasteiger partial charge in [-0.05, 0) is 43.7 Å². The van der Waals surface area contributed by atoms with Crippen LogP contribution >= 0.6 is 0 Å². The maximum Gasteiger partial charge on any atom is 0.258 e. The third kappa shape index (κ3) is 2.48. The van der Waals surface area contributed by atoms with Crippen molar-refractivity contribution < 1.29 is 0 Å². The van der Waals surface area contributed by atoms with E-state index >= 15 is 0 Å². The van der Waals surface area contributed by atoms with Gasteiger partial charge in [-0.3, -0.25) is 14.1 Å². The van der Waals surface area contributed by atoms with Crippen LogP contribution in [0.25, 0.3) is 5.65 Å². The van der Waals surface area contributed by atoms with Crippen molar-refractivity contribution in [1.29, 1.82) is 0 Å². The van der Waals surface area contributed by atoms with Crippen molar-refractivity contribution in [2.75, 3.05) is 6.54 Å². The zero-order valence-corrected chi connectivity index (χ0v) is 11.5. The monoisotopic (exact) mass is 269 g/mol. The second kappa shape index (κ2) is 4.70. The summed E-state index contributed by atoms with van der Waals surface area (Å²) in [6.45, 7) is 2.00. The number of hydrogen-bond donors (Lipinski definition) is 0. The largest absolute Gasteiger partial charge is 0.294 e. The SMILES string of the molecule is O=c1cc(CN(CC2CC2)C2CC2)nc2ccccn12. The number of pyridine rings is 1. The predicted molar refractivity (Wildman–Crippen MR) is 77.6 cm³/mol. The lowest BCUT2D eigenvalue weighted by atomic mass is 10.3. The van der Waals surface area contributed by atoms with E-state index in [0.29, 0.717) is 0 Å². The number of nitrogens with zero attached hydrogens (tertiary/aromatic N) is 3. The van der Waals surface area contributed by atoms with Gasteiger partial charge in [-0.1, -0.05) is 6.07 Å². The molecular weight excluding hydrogens is 250 g/mol. The van der Waals surface area contributed by atoms with E-state index in [-0.39, 0.29) is 5.56 Å². The van der Waals surface area contributed by atoms with E-state index in [1.165, 1.54) is 32.2 Å². The van der Waals surface area contributed by atoms with E-state index in [0.717, 1.165) is 29.8 Å². The van der Waals surface area contributed by atoms with Crippen molar-refractivity contribution in [3.63, 3.8) is 0 Å². The van der Waals surface area contributed by atoms with Gasteiger partial charge in [0.05, 0.1) is 5.69 Å². The van der Waals surface area contributed by atoms with Crippen LogP contribution in [0.5, 0.6) is 0 Å². The standard InChI is InChI=1S/C16H19N3O/c20-16-9-13(17-15-3-1-2-8-19(15)16)11-18(14-6-7-14)10-12-4-5-12/h1-3,8-9,12,14H,4-7,10-11H2.